The van der Waals surface area contributed by atoms with Crippen LogP contribution in [0.2, 0.25) is 0 Å². The summed E-state index contributed by atoms with van der Waals surface area (Å²) in [5.74, 6) is 0.0785. The molecule has 1 amide bonds. The average Bonchev–Trinajstić information content (AvgIpc) is 2.49. The quantitative estimate of drug-likeness (QED) is 0.246. The first-order chi connectivity index (χ1) is 12.1. The van der Waals surface area contributed by atoms with E-state index in [2.05, 4.69) is 12.2 Å². The standard InChI is InChI=1S/C19H40N2O4S/c1-6-7-8-9-10-11-12-13-14-15-19(22)20-18(2)16-17-21(3,4)25-26(5,23)24/h18H,6-17H2,1-5H3/p+1. The molecular weight excluding hydrogens is 352 g/mol. The molecule has 1 atom stereocenters. The second-order valence-electron chi connectivity index (χ2n) is 7.91. The molecule has 1 unspecified atom stereocenters. The second kappa shape index (κ2) is 13.5. The lowest BCUT2D eigenvalue weighted by Gasteiger charge is -2.26. The molecule has 0 spiro atoms. The van der Waals surface area contributed by atoms with Gasteiger partial charge in [-0.25, -0.2) is 0 Å². The lowest BCUT2D eigenvalue weighted by atomic mass is 10.1. The second-order valence-corrected chi connectivity index (χ2v) is 9.47. The highest BCUT2D eigenvalue weighted by Gasteiger charge is 2.24. The summed E-state index contributed by atoms with van der Waals surface area (Å²) in [5.41, 5.74) is 0. The van der Waals surface area contributed by atoms with Crippen LogP contribution in [0, 0.1) is 0 Å². The summed E-state index contributed by atoms with van der Waals surface area (Å²) in [6.45, 7) is 4.68. The number of hydrogen-bond acceptors (Lipinski definition) is 4. The summed E-state index contributed by atoms with van der Waals surface area (Å²) in [6, 6.07) is 0.00151. The van der Waals surface area contributed by atoms with Gasteiger partial charge in [-0.15, -0.1) is 0 Å². The van der Waals surface area contributed by atoms with E-state index in [0.717, 1.165) is 19.1 Å². The van der Waals surface area contributed by atoms with E-state index in [0.29, 0.717) is 19.4 Å². The summed E-state index contributed by atoms with van der Waals surface area (Å²) in [6.07, 6.45) is 13.4. The van der Waals surface area contributed by atoms with Crippen molar-refractivity contribution in [2.45, 2.75) is 90.5 Å². The van der Waals surface area contributed by atoms with Crippen molar-refractivity contribution in [2.24, 2.45) is 0 Å². The number of nitrogens with one attached hydrogen (secondary N) is 1. The lowest BCUT2D eigenvalue weighted by Crippen LogP contribution is -2.45. The molecule has 0 aromatic carbocycles. The Morgan fingerprint density at radius 2 is 1.50 bits per heavy atom. The number of carbonyl (C=O) groups is 1. The van der Waals surface area contributed by atoms with E-state index in [1.165, 1.54) is 44.9 Å². The first kappa shape index (κ1) is 25.3. The number of hydrogen-bond donors (Lipinski definition) is 1. The summed E-state index contributed by atoms with van der Waals surface area (Å²) in [5, 5.41) is 2.99. The van der Waals surface area contributed by atoms with Gasteiger partial charge in [0.1, 0.15) is 6.54 Å². The largest absolute Gasteiger partial charge is 0.353 e. The monoisotopic (exact) mass is 393 g/mol. The Morgan fingerprint density at radius 1 is 1.00 bits per heavy atom. The van der Waals surface area contributed by atoms with Crippen LogP contribution in [-0.2, 0) is 19.2 Å². The minimum absolute atomic E-state index is 0.00151. The minimum atomic E-state index is -3.49. The molecule has 0 rings (SSSR count). The van der Waals surface area contributed by atoms with Crippen molar-refractivity contribution in [1.29, 1.82) is 0 Å². The maximum atomic E-state index is 12.0. The molecule has 0 saturated carbocycles. The van der Waals surface area contributed by atoms with Crippen LogP contribution in [0.4, 0.5) is 0 Å². The Balaban J connectivity index is 3.73. The first-order valence-corrected chi connectivity index (χ1v) is 11.9. The smallest absolute Gasteiger partial charge is 0.311 e. The van der Waals surface area contributed by atoms with Gasteiger partial charge >= 0.3 is 10.1 Å². The van der Waals surface area contributed by atoms with Gasteiger partial charge in [0.15, 0.2) is 0 Å². The lowest BCUT2D eigenvalue weighted by molar-refractivity contribution is -1.05. The Kier molecular flexibility index (Phi) is 13.2. The molecule has 0 radical (unpaired) electrons. The van der Waals surface area contributed by atoms with E-state index in [4.69, 9.17) is 4.28 Å². The van der Waals surface area contributed by atoms with Gasteiger partial charge in [-0.05, 0) is 13.3 Å². The minimum Gasteiger partial charge on any atom is -0.353 e. The van der Waals surface area contributed by atoms with Gasteiger partial charge in [-0.1, -0.05) is 62.6 Å². The molecule has 0 aliphatic rings. The van der Waals surface area contributed by atoms with Crippen molar-refractivity contribution >= 4 is 16.0 Å². The molecule has 0 heterocycles. The fourth-order valence-corrected chi connectivity index (χ4v) is 3.73. The van der Waals surface area contributed by atoms with Gasteiger partial charge in [0, 0.05) is 18.9 Å². The molecular formula is C19H41N2O4S+. The van der Waals surface area contributed by atoms with Crippen LogP contribution in [-0.4, -0.2) is 51.9 Å². The van der Waals surface area contributed by atoms with Crippen LogP contribution >= 0.6 is 0 Å². The molecule has 26 heavy (non-hydrogen) atoms. The molecule has 0 saturated heterocycles. The molecule has 0 aliphatic heterocycles. The van der Waals surface area contributed by atoms with Crippen LogP contribution in [0.1, 0.15) is 84.5 Å². The molecule has 6 nitrogen and oxygen atoms in total. The Bertz CT molecular complexity index is 478. The van der Waals surface area contributed by atoms with Gasteiger partial charge in [-0.3, -0.25) is 4.79 Å². The first-order valence-electron chi connectivity index (χ1n) is 10.1. The average molecular weight is 394 g/mol. The Morgan fingerprint density at radius 3 is 2.00 bits per heavy atom. The SMILES string of the molecule is CCCCCCCCCCCC(=O)NC(C)CC[N+](C)(C)OS(C)(=O)=O. The zero-order valence-corrected chi connectivity index (χ0v) is 18.4. The maximum absolute atomic E-state index is 12.0. The van der Waals surface area contributed by atoms with Crippen LogP contribution in [0.5, 0.6) is 0 Å². The molecule has 0 aliphatic carbocycles. The number of hydroxylamine groups is 3. The highest BCUT2D eigenvalue weighted by molar-refractivity contribution is 7.85. The number of unbranched alkanes of at least 4 members (excludes halogenated alkanes) is 8. The van der Waals surface area contributed by atoms with Gasteiger partial charge in [-0.2, -0.15) is 13.1 Å². The van der Waals surface area contributed by atoms with Crippen molar-refractivity contribution in [1.82, 2.24) is 5.32 Å². The summed E-state index contributed by atoms with van der Waals surface area (Å²) in [7, 11) is -0.110. The Labute approximate surface area is 161 Å². The topological polar surface area (TPSA) is 72.5 Å². The fraction of sp³-hybridized carbons (Fsp3) is 0.947. The van der Waals surface area contributed by atoms with E-state index in [1.807, 2.05) is 6.92 Å². The van der Waals surface area contributed by atoms with E-state index in [-0.39, 0.29) is 16.6 Å². The van der Waals surface area contributed by atoms with Gasteiger partial charge in [0.25, 0.3) is 0 Å². The molecule has 7 heteroatoms. The summed E-state index contributed by atoms with van der Waals surface area (Å²) >= 11 is 0. The summed E-state index contributed by atoms with van der Waals surface area (Å²) in [4.78, 5) is 12.0. The molecule has 0 aromatic heterocycles. The highest BCUT2D eigenvalue weighted by Crippen LogP contribution is 2.11. The predicted octanol–water partition coefficient (Wildman–Crippen LogP) is 3.77. The van der Waals surface area contributed by atoms with Gasteiger partial charge in [0.05, 0.1) is 20.4 Å². The molecule has 0 fully saturated rings. The normalized spacial score (nSPS) is 13.6. The molecule has 1 N–H and O–H groups in total. The zero-order valence-electron chi connectivity index (χ0n) is 17.6. The maximum Gasteiger partial charge on any atom is 0.311 e. The van der Waals surface area contributed by atoms with Crippen LogP contribution in [0.15, 0.2) is 0 Å². The zero-order chi connectivity index (χ0) is 20.1. The third-order valence-corrected chi connectivity index (χ3v) is 5.03. The van der Waals surface area contributed by atoms with Crippen molar-refractivity contribution in [3.8, 4) is 0 Å². The van der Waals surface area contributed by atoms with Crippen molar-refractivity contribution in [3.63, 3.8) is 0 Å². The third kappa shape index (κ3) is 16.8. The third-order valence-electron chi connectivity index (χ3n) is 4.35. The van der Waals surface area contributed by atoms with E-state index in [1.54, 1.807) is 14.1 Å². The van der Waals surface area contributed by atoms with E-state index < -0.39 is 10.1 Å². The highest BCUT2D eigenvalue weighted by atomic mass is 32.2. The van der Waals surface area contributed by atoms with Crippen LogP contribution in [0.3, 0.4) is 0 Å². The summed E-state index contributed by atoms with van der Waals surface area (Å²) < 4.78 is 27.4. The number of quaternary nitrogens is 1. The number of amides is 1. The number of carbonyl (C=O) groups excluding carboxylic acids is 1. The fourth-order valence-electron chi connectivity index (χ4n) is 2.92. The van der Waals surface area contributed by atoms with Crippen molar-refractivity contribution in [3.05, 3.63) is 0 Å². The number of rotatable bonds is 16. The van der Waals surface area contributed by atoms with E-state index >= 15 is 0 Å². The van der Waals surface area contributed by atoms with Gasteiger partial charge in [0.2, 0.25) is 5.91 Å². The van der Waals surface area contributed by atoms with Crippen molar-refractivity contribution in [2.75, 3.05) is 26.9 Å². The van der Waals surface area contributed by atoms with Crippen molar-refractivity contribution < 1.29 is 22.1 Å². The van der Waals surface area contributed by atoms with E-state index in [9.17, 15) is 13.2 Å². The van der Waals surface area contributed by atoms with Crippen LogP contribution < -0.4 is 5.32 Å². The Hall–Kier alpha value is -0.660. The predicted molar refractivity (Wildman–Crippen MR) is 107 cm³/mol. The number of nitrogens with zero attached hydrogens (tertiary/aromatic N) is 1. The molecule has 0 bridgehead atoms. The molecule has 156 valence electrons. The van der Waals surface area contributed by atoms with Gasteiger partial charge < -0.3 is 5.32 Å². The molecule has 0 aromatic rings. The van der Waals surface area contributed by atoms with Crippen LogP contribution in [0.25, 0.3) is 0 Å².